The highest BCUT2D eigenvalue weighted by atomic mass is 17.1. The standard InChI is InChI=1S/C20H30O5/c1-2-3-4-5-6-7-8-9-10-13-16-24-19(21)17-14-11-12-15-18(17)20(22)25-23/h11-12,14-15,23H,2-10,13,16H2,1H3. The van der Waals surface area contributed by atoms with Crippen molar-refractivity contribution >= 4 is 11.9 Å². The Balaban J connectivity index is 2.15. The minimum atomic E-state index is -0.966. The molecule has 0 spiro atoms. The largest absolute Gasteiger partial charge is 0.462 e. The van der Waals surface area contributed by atoms with Crippen molar-refractivity contribution in [2.75, 3.05) is 6.61 Å². The monoisotopic (exact) mass is 350 g/mol. The number of hydrogen-bond donors (Lipinski definition) is 1. The van der Waals surface area contributed by atoms with E-state index >= 15 is 0 Å². The summed E-state index contributed by atoms with van der Waals surface area (Å²) >= 11 is 0. The van der Waals surface area contributed by atoms with Crippen LogP contribution >= 0.6 is 0 Å². The highest BCUT2D eigenvalue weighted by Gasteiger charge is 2.18. The van der Waals surface area contributed by atoms with E-state index in [9.17, 15) is 9.59 Å². The van der Waals surface area contributed by atoms with Gasteiger partial charge >= 0.3 is 11.9 Å². The lowest BCUT2D eigenvalue weighted by molar-refractivity contribution is -0.182. The molecule has 0 aliphatic carbocycles. The number of rotatable bonds is 13. The second-order valence-electron chi connectivity index (χ2n) is 6.24. The minimum absolute atomic E-state index is 0.00178. The zero-order valence-corrected chi connectivity index (χ0v) is 15.2. The van der Waals surface area contributed by atoms with Crippen LogP contribution in [0.2, 0.25) is 0 Å². The van der Waals surface area contributed by atoms with Crippen molar-refractivity contribution in [2.24, 2.45) is 0 Å². The summed E-state index contributed by atoms with van der Waals surface area (Å²) in [7, 11) is 0. The van der Waals surface area contributed by atoms with Crippen LogP contribution in [0.15, 0.2) is 24.3 Å². The van der Waals surface area contributed by atoms with E-state index in [0.717, 1.165) is 19.3 Å². The van der Waals surface area contributed by atoms with Gasteiger partial charge in [0.05, 0.1) is 17.7 Å². The third-order valence-corrected chi connectivity index (χ3v) is 4.18. The molecule has 25 heavy (non-hydrogen) atoms. The van der Waals surface area contributed by atoms with E-state index in [2.05, 4.69) is 11.8 Å². The number of esters is 1. The maximum Gasteiger partial charge on any atom is 0.373 e. The Bertz CT molecular complexity index is 513. The Hall–Kier alpha value is -1.88. The zero-order chi connectivity index (χ0) is 18.3. The number of unbranched alkanes of at least 4 members (excludes halogenated alkanes) is 9. The van der Waals surface area contributed by atoms with E-state index in [1.165, 1.54) is 57.1 Å². The molecule has 1 N–H and O–H groups in total. The summed E-state index contributed by atoms with van der Waals surface area (Å²) in [6, 6.07) is 6.11. The molecule has 0 aliphatic heterocycles. The van der Waals surface area contributed by atoms with Crippen LogP contribution in [-0.2, 0) is 9.62 Å². The zero-order valence-electron chi connectivity index (χ0n) is 15.2. The number of benzene rings is 1. The molecule has 0 saturated carbocycles. The van der Waals surface area contributed by atoms with Crippen LogP contribution in [0.1, 0.15) is 91.8 Å². The average molecular weight is 350 g/mol. The Morgan fingerprint density at radius 2 is 1.28 bits per heavy atom. The molecule has 1 aromatic carbocycles. The van der Waals surface area contributed by atoms with Crippen LogP contribution in [0.5, 0.6) is 0 Å². The summed E-state index contributed by atoms with van der Waals surface area (Å²) in [5.74, 6) is -1.54. The van der Waals surface area contributed by atoms with Gasteiger partial charge < -0.3 is 4.74 Å². The Morgan fingerprint density at radius 3 is 1.80 bits per heavy atom. The molecule has 0 saturated heterocycles. The average Bonchev–Trinajstić information content (AvgIpc) is 2.65. The lowest BCUT2D eigenvalue weighted by atomic mass is 10.1. The molecule has 5 heteroatoms. The summed E-state index contributed by atoms with van der Waals surface area (Å²) in [6.45, 7) is 2.56. The molecule has 0 radical (unpaired) electrons. The third kappa shape index (κ3) is 8.68. The Morgan fingerprint density at radius 1 is 0.800 bits per heavy atom. The van der Waals surface area contributed by atoms with E-state index in [-0.39, 0.29) is 11.1 Å². The fraction of sp³-hybridized carbons (Fsp3) is 0.600. The molecule has 140 valence electrons. The van der Waals surface area contributed by atoms with Crippen LogP contribution in [0.25, 0.3) is 0 Å². The van der Waals surface area contributed by atoms with Gasteiger partial charge in [0.2, 0.25) is 0 Å². The molecule has 5 nitrogen and oxygen atoms in total. The first-order valence-corrected chi connectivity index (χ1v) is 9.32. The summed E-state index contributed by atoms with van der Waals surface area (Å²) in [5.41, 5.74) is 0.103. The molecule has 0 amide bonds. The van der Waals surface area contributed by atoms with E-state index in [4.69, 9.17) is 9.99 Å². The maximum atomic E-state index is 12.0. The van der Waals surface area contributed by atoms with Crippen molar-refractivity contribution in [1.29, 1.82) is 0 Å². The summed E-state index contributed by atoms with van der Waals surface area (Å²) < 4.78 is 5.21. The number of hydrogen-bond acceptors (Lipinski definition) is 5. The van der Waals surface area contributed by atoms with Gasteiger partial charge in [0, 0.05) is 0 Å². The lowest BCUT2D eigenvalue weighted by Gasteiger charge is -2.07. The number of carbonyl (C=O) groups is 2. The van der Waals surface area contributed by atoms with Gasteiger partial charge in [0.15, 0.2) is 0 Å². The first-order chi connectivity index (χ1) is 12.2. The molecular weight excluding hydrogens is 320 g/mol. The summed E-state index contributed by atoms with van der Waals surface area (Å²) in [5, 5.41) is 8.47. The van der Waals surface area contributed by atoms with Gasteiger partial charge in [0.1, 0.15) is 0 Å². The van der Waals surface area contributed by atoms with Gasteiger partial charge in [-0.25, -0.2) is 9.59 Å². The molecular formula is C20H30O5. The van der Waals surface area contributed by atoms with Crippen molar-refractivity contribution in [3.8, 4) is 0 Å². The molecule has 0 aromatic heterocycles. The van der Waals surface area contributed by atoms with Crippen LogP contribution in [0.4, 0.5) is 0 Å². The molecule has 0 unspecified atom stereocenters. The maximum absolute atomic E-state index is 12.0. The van der Waals surface area contributed by atoms with E-state index < -0.39 is 11.9 Å². The molecule has 0 atom stereocenters. The minimum Gasteiger partial charge on any atom is -0.462 e. The fourth-order valence-corrected chi connectivity index (χ4v) is 2.72. The highest BCUT2D eigenvalue weighted by molar-refractivity contribution is 6.02. The van der Waals surface area contributed by atoms with Crippen LogP contribution < -0.4 is 0 Å². The molecule has 0 aliphatic rings. The fourth-order valence-electron chi connectivity index (χ4n) is 2.72. The third-order valence-electron chi connectivity index (χ3n) is 4.18. The van der Waals surface area contributed by atoms with Crippen molar-refractivity contribution in [2.45, 2.75) is 71.1 Å². The second-order valence-corrected chi connectivity index (χ2v) is 6.24. The smallest absolute Gasteiger partial charge is 0.373 e. The van der Waals surface area contributed by atoms with Crippen LogP contribution in [0.3, 0.4) is 0 Å². The van der Waals surface area contributed by atoms with Crippen molar-refractivity contribution in [1.82, 2.24) is 0 Å². The van der Waals surface area contributed by atoms with Gasteiger partial charge in [0.25, 0.3) is 0 Å². The molecule has 0 fully saturated rings. The topological polar surface area (TPSA) is 72.8 Å². The quantitative estimate of drug-likeness (QED) is 0.223. The van der Waals surface area contributed by atoms with Gasteiger partial charge in [-0.3, -0.25) is 4.89 Å². The molecule has 1 aromatic rings. The second kappa shape index (κ2) is 13.4. The summed E-state index contributed by atoms with van der Waals surface area (Å²) in [6.07, 6.45) is 12.1. The number of carbonyl (C=O) groups excluding carboxylic acids is 2. The predicted molar refractivity (Wildman–Crippen MR) is 96.6 cm³/mol. The summed E-state index contributed by atoms with van der Waals surface area (Å²) in [4.78, 5) is 27.1. The van der Waals surface area contributed by atoms with Gasteiger partial charge in [-0.05, 0) is 18.6 Å². The molecule has 0 bridgehead atoms. The van der Waals surface area contributed by atoms with E-state index in [1.54, 1.807) is 12.1 Å². The number of ether oxygens (including phenoxy) is 1. The van der Waals surface area contributed by atoms with E-state index in [0.29, 0.717) is 6.61 Å². The SMILES string of the molecule is CCCCCCCCCCCCOC(=O)c1ccccc1C(=O)OO. The predicted octanol–water partition coefficient (Wildman–Crippen LogP) is 5.39. The van der Waals surface area contributed by atoms with E-state index in [1.807, 2.05) is 0 Å². The van der Waals surface area contributed by atoms with Gasteiger partial charge in [-0.1, -0.05) is 76.8 Å². The van der Waals surface area contributed by atoms with Crippen molar-refractivity contribution in [3.63, 3.8) is 0 Å². The Labute approximate surface area is 150 Å². The van der Waals surface area contributed by atoms with Crippen LogP contribution in [-0.4, -0.2) is 23.8 Å². The lowest BCUT2D eigenvalue weighted by Crippen LogP contribution is -2.13. The normalized spacial score (nSPS) is 10.5. The molecule has 1 rings (SSSR count). The van der Waals surface area contributed by atoms with Crippen LogP contribution in [0, 0.1) is 0 Å². The highest BCUT2D eigenvalue weighted by Crippen LogP contribution is 2.13. The Kier molecular flexibility index (Phi) is 11.4. The first-order valence-electron chi connectivity index (χ1n) is 9.32. The van der Waals surface area contributed by atoms with Gasteiger partial charge in [-0.2, -0.15) is 5.26 Å². The first kappa shape index (κ1) is 21.2. The van der Waals surface area contributed by atoms with Crippen molar-refractivity contribution in [3.05, 3.63) is 35.4 Å². The molecule has 0 heterocycles. The van der Waals surface area contributed by atoms with Crippen molar-refractivity contribution < 1.29 is 24.5 Å². The van der Waals surface area contributed by atoms with Gasteiger partial charge in [-0.15, -0.1) is 0 Å².